The van der Waals surface area contributed by atoms with Crippen LogP contribution in [0.25, 0.3) is 11.2 Å². The van der Waals surface area contributed by atoms with Gasteiger partial charge in [0.05, 0.1) is 6.33 Å². The summed E-state index contributed by atoms with van der Waals surface area (Å²) < 4.78 is 13.6. The predicted octanol–water partition coefficient (Wildman–Crippen LogP) is 3.71. The number of fused-ring (bicyclic) bond motifs is 2. The minimum Gasteiger partial charge on any atom is -0.465 e. The first-order valence-corrected chi connectivity index (χ1v) is 11.8. The number of hydrogen-bond acceptors (Lipinski definition) is 7. The van der Waals surface area contributed by atoms with Crippen molar-refractivity contribution in [2.24, 2.45) is 5.92 Å². The van der Waals surface area contributed by atoms with E-state index in [0.717, 1.165) is 28.6 Å². The van der Waals surface area contributed by atoms with Crippen LogP contribution < -0.4 is 20.3 Å². The molecule has 1 aliphatic carbocycles. The number of nitrogens with zero attached hydrogens (tertiary/aromatic N) is 3. The summed E-state index contributed by atoms with van der Waals surface area (Å²) in [5, 5.41) is 20.6. The third-order valence-electron chi connectivity index (χ3n) is 5.84. The van der Waals surface area contributed by atoms with E-state index >= 15 is 0 Å². The van der Waals surface area contributed by atoms with Gasteiger partial charge in [0.25, 0.3) is 0 Å². The molecule has 1 aromatic carbocycles. The van der Waals surface area contributed by atoms with Crippen molar-refractivity contribution < 1.29 is 19.4 Å². The third-order valence-corrected chi connectivity index (χ3v) is 7.70. The molecule has 2 aromatic heterocycles. The van der Waals surface area contributed by atoms with Crippen molar-refractivity contribution in [3.05, 3.63) is 28.4 Å². The Bertz CT molecular complexity index is 1240. The van der Waals surface area contributed by atoms with Gasteiger partial charge < -0.3 is 29.4 Å². The van der Waals surface area contributed by atoms with E-state index in [-0.39, 0.29) is 18.3 Å². The van der Waals surface area contributed by atoms with Crippen LogP contribution in [0.1, 0.15) is 25.7 Å². The minimum atomic E-state index is -0.996. The third kappa shape index (κ3) is 4.16. The Hall–Kier alpha value is -2.73. The summed E-state index contributed by atoms with van der Waals surface area (Å²) in [6, 6.07) is 3.65. The van der Waals surface area contributed by atoms with E-state index in [4.69, 9.17) is 19.9 Å². The number of nitrogens with one attached hydrogen (secondary N) is 3. The van der Waals surface area contributed by atoms with Crippen LogP contribution in [0.2, 0.25) is 0 Å². The highest BCUT2D eigenvalue weighted by Gasteiger charge is 2.28. The second-order valence-electron chi connectivity index (χ2n) is 7.80. The number of aryl methyl sites for hydroxylation is 1. The van der Waals surface area contributed by atoms with Crippen LogP contribution in [-0.2, 0) is 6.54 Å². The van der Waals surface area contributed by atoms with Gasteiger partial charge in [0, 0.05) is 22.0 Å². The Morgan fingerprint density at radius 3 is 2.91 bits per heavy atom. The van der Waals surface area contributed by atoms with Crippen LogP contribution in [-0.4, -0.2) is 43.6 Å². The number of carboxylic acid groups (broad SMARTS) is 1. The van der Waals surface area contributed by atoms with E-state index in [1.165, 1.54) is 11.8 Å². The van der Waals surface area contributed by atoms with Gasteiger partial charge in [-0.2, -0.15) is 0 Å². The van der Waals surface area contributed by atoms with Gasteiger partial charge in [0.15, 0.2) is 27.8 Å². The van der Waals surface area contributed by atoms with E-state index in [2.05, 4.69) is 31.2 Å². The number of aromatic nitrogens is 4. The fourth-order valence-electron chi connectivity index (χ4n) is 3.96. The quantitative estimate of drug-likeness (QED) is 0.372. The lowest BCUT2D eigenvalue weighted by Crippen LogP contribution is -2.42. The van der Waals surface area contributed by atoms with Gasteiger partial charge in [-0.3, -0.25) is 5.41 Å². The number of ether oxygens (including phenoxy) is 2. The van der Waals surface area contributed by atoms with Gasteiger partial charge in [-0.25, -0.2) is 14.8 Å². The van der Waals surface area contributed by atoms with Crippen molar-refractivity contribution >= 4 is 44.9 Å². The van der Waals surface area contributed by atoms with Crippen LogP contribution in [0.3, 0.4) is 0 Å². The number of benzene rings is 1. The lowest BCUT2D eigenvalue weighted by atomic mass is 9.78. The molecule has 1 amide bonds. The van der Waals surface area contributed by atoms with Gasteiger partial charge in [-0.1, -0.05) is 18.2 Å². The fourth-order valence-corrected chi connectivity index (χ4v) is 5.34. The number of amides is 1. The number of aromatic amines is 1. The largest absolute Gasteiger partial charge is 0.465 e. The van der Waals surface area contributed by atoms with Gasteiger partial charge >= 0.3 is 6.09 Å². The highest BCUT2D eigenvalue weighted by Crippen LogP contribution is 2.42. The average Bonchev–Trinajstić information content (AvgIpc) is 3.33. The maximum atomic E-state index is 11.2. The molecule has 0 radical (unpaired) electrons. The van der Waals surface area contributed by atoms with E-state index in [9.17, 15) is 9.90 Å². The van der Waals surface area contributed by atoms with Crippen LogP contribution in [0, 0.1) is 11.3 Å². The lowest BCUT2D eigenvalue weighted by molar-refractivity contribution is 0.166. The van der Waals surface area contributed by atoms with E-state index in [1.54, 1.807) is 6.33 Å². The molecule has 1 unspecified atom stereocenters. The van der Waals surface area contributed by atoms with E-state index in [1.807, 2.05) is 16.7 Å². The van der Waals surface area contributed by atoms with E-state index in [0.29, 0.717) is 46.7 Å². The van der Waals surface area contributed by atoms with Crippen LogP contribution in [0.5, 0.6) is 11.5 Å². The predicted molar refractivity (Wildman–Crippen MR) is 119 cm³/mol. The average molecular weight is 521 g/mol. The number of rotatable bonds is 7. The maximum absolute atomic E-state index is 11.2. The summed E-state index contributed by atoms with van der Waals surface area (Å²) in [6.45, 7) is 0.751. The SMILES string of the molecule is N=c1ncn(CCC(NC(=O)O)C2CCC2)c2nc(Sc3cc4c(cc3Br)OCO4)[nH]c12. The zero-order valence-corrected chi connectivity index (χ0v) is 19.3. The second kappa shape index (κ2) is 8.66. The first-order chi connectivity index (χ1) is 15.5. The zero-order chi connectivity index (χ0) is 22.2. The molecule has 1 aliphatic heterocycles. The summed E-state index contributed by atoms with van der Waals surface area (Å²) in [5.74, 6) is 1.74. The van der Waals surface area contributed by atoms with Crippen LogP contribution in [0.4, 0.5) is 4.79 Å². The molecule has 5 rings (SSSR count). The van der Waals surface area contributed by atoms with Crippen molar-refractivity contribution in [2.45, 2.75) is 48.3 Å². The molecule has 1 atom stereocenters. The summed E-state index contributed by atoms with van der Waals surface area (Å²) in [5.41, 5.74) is 1.27. The molecular weight excluding hydrogens is 500 g/mol. The van der Waals surface area contributed by atoms with Crippen LogP contribution >= 0.6 is 27.7 Å². The molecule has 3 heterocycles. The first-order valence-electron chi connectivity index (χ1n) is 10.2. The smallest absolute Gasteiger partial charge is 0.404 e. The Morgan fingerprint density at radius 1 is 1.41 bits per heavy atom. The molecule has 0 bridgehead atoms. The Morgan fingerprint density at radius 2 is 2.19 bits per heavy atom. The monoisotopic (exact) mass is 520 g/mol. The molecule has 12 heteroatoms. The topological polar surface area (TPSA) is 138 Å². The molecule has 32 heavy (non-hydrogen) atoms. The Kier molecular flexibility index (Phi) is 5.72. The molecule has 10 nitrogen and oxygen atoms in total. The fraction of sp³-hybridized carbons (Fsp3) is 0.400. The van der Waals surface area contributed by atoms with Crippen molar-refractivity contribution in [1.29, 1.82) is 5.41 Å². The summed E-state index contributed by atoms with van der Waals surface area (Å²) in [7, 11) is 0. The summed E-state index contributed by atoms with van der Waals surface area (Å²) in [6.07, 6.45) is 4.47. The van der Waals surface area contributed by atoms with Crippen molar-refractivity contribution in [3.8, 4) is 11.5 Å². The van der Waals surface area contributed by atoms with Gasteiger partial charge in [-0.05, 0) is 53.2 Å². The number of hydrogen-bond donors (Lipinski definition) is 4. The second-order valence-corrected chi connectivity index (χ2v) is 9.69. The Balaban J connectivity index is 1.39. The number of carbonyl (C=O) groups is 1. The minimum absolute atomic E-state index is 0.100. The van der Waals surface area contributed by atoms with Crippen LogP contribution in [0.15, 0.2) is 33.0 Å². The lowest BCUT2D eigenvalue weighted by Gasteiger charge is -2.33. The molecule has 1 saturated carbocycles. The molecule has 4 N–H and O–H groups in total. The molecule has 2 aliphatic rings. The van der Waals surface area contributed by atoms with E-state index < -0.39 is 6.09 Å². The standard InChI is InChI=1S/C20H21BrN6O4S/c21-11-6-13-14(31-9-30-13)7-15(11)32-19-25-16-17(22)23-8-27(18(16)26-19)5-4-12(24-20(28)29)10-2-1-3-10/h6-8,10,12,22,24H,1-5,9H2,(H,25,26)(H,28,29). The first kappa shape index (κ1) is 21.1. The molecule has 1 fully saturated rings. The Labute approximate surface area is 195 Å². The van der Waals surface area contributed by atoms with Crippen molar-refractivity contribution in [3.63, 3.8) is 0 Å². The van der Waals surface area contributed by atoms with Gasteiger partial charge in [0.1, 0.15) is 5.52 Å². The molecule has 3 aromatic rings. The summed E-state index contributed by atoms with van der Waals surface area (Å²) in [4.78, 5) is 24.2. The number of H-pyrrole nitrogens is 1. The number of halogens is 1. The maximum Gasteiger partial charge on any atom is 0.404 e. The normalized spacial score (nSPS) is 16.2. The van der Waals surface area contributed by atoms with Gasteiger partial charge in [-0.15, -0.1) is 0 Å². The zero-order valence-electron chi connectivity index (χ0n) is 16.9. The molecule has 168 valence electrons. The molecule has 0 saturated heterocycles. The highest BCUT2D eigenvalue weighted by atomic mass is 79.9. The van der Waals surface area contributed by atoms with Crippen molar-refractivity contribution in [2.75, 3.05) is 6.79 Å². The highest BCUT2D eigenvalue weighted by molar-refractivity contribution is 9.10. The molecular formula is C20H21BrN6O4S. The van der Waals surface area contributed by atoms with Crippen molar-refractivity contribution in [1.82, 2.24) is 24.8 Å². The summed E-state index contributed by atoms with van der Waals surface area (Å²) >= 11 is 4.97. The van der Waals surface area contributed by atoms with Gasteiger partial charge in [0.2, 0.25) is 6.79 Å². The number of imidazole rings is 1. The molecule has 0 spiro atoms.